The maximum Gasteiger partial charge on any atom is 0.277 e. The van der Waals surface area contributed by atoms with Gasteiger partial charge in [0, 0.05) is 77.4 Å². The van der Waals surface area contributed by atoms with Crippen molar-refractivity contribution in [1.82, 2.24) is 31.1 Å². The molecule has 2 heterocycles. The van der Waals surface area contributed by atoms with Crippen LogP contribution in [0.1, 0.15) is 75.0 Å². The van der Waals surface area contributed by atoms with Crippen molar-refractivity contribution in [2.24, 2.45) is 0 Å². The molecule has 9 unspecified atom stereocenters. The number of nitrogens with zero attached hydrogens (tertiary/aromatic N) is 6. The summed E-state index contributed by atoms with van der Waals surface area (Å²) in [6, 6.07) is 0. The number of amides is 9. The quantitative estimate of drug-likeness (QED) is 0.0220. The van der Waals surface area contributed by atoms with E-state index in [1.807, 2.05) is 0 Å². The van der Waals surface area contributed by atoms with E-state index in [1.165, 1.54) is 0 Å². The molecule has 0 fully saturated rings. The third kappa shape index (κ3) is 16.8. The number of hydrogen-bond donors (Lipinski definition) is 18. The molecule has 42 heteroatoms. The van der Waals surface area contributed by atoms with Gasteiger partial charge < -0.3 is 102 Å². The van der Waals surface area contributed by atoms with Crippen molar-refractivity contribution in [2.45, 2.75) is 66.8 Å². The van der Waals surface area contributed by atoms with Crippen molar-refractivity contribution in [3.05, 3.63) is 65.5 Å². The Hall–Kier alpha value is -0.820. The van der Waals surface area contributed by atoms with Crippen LogP contribution in [0.25, 0.3) is 0 Å². The minimum atomic E-state index is -2.91. The van der Waals surface area contributed by atoms with Gasteiger partial charge in [-0.15, -0.1) is 0 Å². The second-order valence-electron chi connectivity index (χ2n) is 20.8. The summed E-state index contributed by atoms with van der Waals surface area (Å²) in [4.78, 5) is 134. The van der Waals surface area contributed by atoms with Crippen LogP contribution in [0.4, 0.5) is 17.1 Å². The summed E-state index contributed by atoms with van der Waals surface area (Å²) in [6.07, 6.45) is -15.5. The van der Waals surface area contributed by atoms with Crippen LogP contribution in [0.2, 0.25) is 0 Å². The summed E-state index contributed by atoms with van der Waals surface area (Å²) in [7, 11) is 3.40. The lowest BCUT2D eigenvalue weighted by Gasteiger charge is -2.37. The molecule has 3 aromatic rings. The van der Waals surface area contributed by atoms with Gasteiger partial charge >= 0.3 is 0 Å². The van der Waals surface area contributed by atoms with Gasteiger partial charge in [0.25, 0.3) is 53.2 Å². The number of nitrogens with one attached hydrogen (secondary N) is 3. The molecule has 0 aliphatic carbocycles. The highest BCUT2D eigenvalue weighted by Gasteiger charge is 2.51. The lowest BCUT2D eigenvalue weighted by atomic mass is 9.88. The smallest absolute Gasteiger partial charge is 0.277 e. The Labute approximate surface area is 656 Å². The topological polar surface area (TPSA) is 513 Å². The zero-order valence-electron chi connectivity index (χ0n) is 48.7. The SMILES string of the molecule is CN(C(=O)C(O)C(O)CO)c1c(I)c(C(=O)NCC(O)CO)c(I)c(C(=O)N(CCNN2C(=O)c3c(I)c(c(I)c(N(C)C(=O)C(O)(CC(O)CO)C(O)CO)c3I)C2=O)CCNN2C(=O)c3c(I)c(c(I)c(N(C)C(=O)C(O)(CC(O)CO)C(O)CO)c3I)C2=O)c1I. The number of carbonyl (C=O) groups excluding carboxylic acids is 9. The number of aliphatic hydroxyl groups excluding tert-OH is 13. The number of aliphatic hydroxyl groups is 15. The molecule has 0 aromatic heterocycles. The van der Waals surface area contributed by atoms with Crippen molar-refractivity contribution < 1.29 is 120 Å². The Morgan fingerprint density at radius 3 is 1.13 bits per heavy atom. The van der Waals surface area contributed by atoms with E-state index in [-0.39, 0.29) is 82.6 Å². The molecule has 0 saturated carbocycles. The van der Waals surface area contributed by atoms with Crippen molar-refractivity contribution >= 4 is 274 Å². The van der Waals surface area contributed by atoms with E-state index in [9.17, 15) is 115 Å². The molecule has 520 valence electrons. The Morgan fingerprint density at radius 1 is 0.457 bits per heavy atom. The normalized spacial score (nSPS) is 16.6. The fraction of sp³-hybridized carbons (Fsp3) is 0.481. The molecule has 5 rings (SSSR count). The van der Waals surface area contributed by atoms with Gasteiger partial charge in [-0.25, -0.2) is 20.9 Å². The van der Waals surface area contributed by atoms with Gasteiger partial charge in [-0.2, -0.15) is 0 Å². The highest BCUT2D eigenvalue weighted by molar-refractivity contribution is 14.1. The first-order valence-electron chi connectivity index (χ1n) is 27.0. The van der Waals surface area contributed by atoms with Crippen LogP contribution < -0.4 is 30.9 Å². The Morgan fingerprint density at radius 2 is 0.798 bits per heavy atom. The van der Waals surface area contributed by atoms with Crippen LogP contribution in [0, 0.1) is 32.1 Å². The highest BCUT2D eigenvalue weighted by Crippen LogP contribution is 2.45. The van der Waals surface area contributed by atoms with E-state index in [1.54, 1.807) is 203 Å². The molecular formula is C52H60I9N9O24. The summed E-state index contributed by atoms with van der Waals surface area (Å²) < 4.78 is 0.124. The Kier molecular flexibility index (Phi) is 31.6. The first-order valence-corrected chi connectivity index (χ1v) is 36.7. The van der Waals surface area contributed by atoms with Crippen LogP contribution in [0.3, 0.4) is 0 Å². The molecule has 3 aromatic carbocycles. The van der Waals surface area contributed by atoms with Gasteiger partial charge in [0.1, 0.15) is 18.3 Å². The highest BCUT2D eigenvalue weighted by atomic mass is 127. The number of imide groups is 2. The summed E-state index contributed by atoms with van der Waals surface area (Å²) in [5.74, 6) is -9.82. The fourth-order valence-electron chi connectivity index (χ4n) is 9.56. The van der Waals surface area contributed by atoms with Crippen LogP contribution in [0.5, 0.6) is 0 Å². The summed E-state index contributed by atoms with van der Waals surface area (Å²) in [5, 5.41) is 157. The van der Waals surface area contributed by atoms with Crippen molar-refractivity contribution in [1.29, 1.82) is 0 Å². The minimum absolute atomic E-state index is 0.0248. The second kappa shape index (κ2) is 35.4. The van der Waals surface area contributed by atoms with Crippen LogP contribution in [0.15, 0.2) is 0 Å². The first-order chi connectivity index (χ1) is 43.8. The zero-order chi connectivity index (χ0) is 71.4. The molecule has 9 amide bonds. The largest absolute Gasteiger partial charge is 0.394 e. The maximum absolute atomic E-state index is 15.6. The van der Waals surface area contributed by atoms with Gasteiger partial charge in [-0.1, -0.05) is 0 Å². The lowest BCUT2D eigenvalue weighted by Crippen LogP contribution is -2.59. The van der Waals surface area contributed by atoms with E-state index in [4.69, 9.17) is 0 Å². The third-order valence-electron chi connectivity index (χ3n) is 14.7. The Balaban J connectivity index is 1.62. The van der Waals surface area contributed by atoms with Gasteiger partial charge in [-0.3, -0.25) is 43.2 Å². The average Bonchev–Trinajstić information content (AvgIpc) is 0.739. The molecule has 94 heavy (non-hydrogen) atoms. The van der Waals surface area contributed by atoms with E-state index in [0.29, 0.717) is 10.0 Å². The molecule has 18 N–H and O–H groups in total. The lowest BCUT2D eigenvalue weighted by molar-refractivity contribution is -0.160. The molecule has 0 spiro atoms. The molecule has 0 radical (unpaired) electrons. The number of halogens is 9. The Bertz CT molecular complexity index is 3270. The molecule has 2 aliphatic rings. The average molecular weight is 2340 g/mol. The van der Waals surface area contributed by atoms with Crippen molar-refractivity contribution in [2.75, 3.05) is 108 Å². The minimum Gasteiger partial charge on any atom is -0.394 e. The van der Waals surface area contributed by atoms with Gasteiger partial charge in [0.2, 0.25) is 0 Å². The van der Waals surface area contributed by atoms with Gasteiger partial charge in [0.05, 0.1) is 130 Å². The van der Waals surface area contributed by atoms with Crippen LogP contribution >= 0.6 is 203 Å². The molecule has 9 atom stereocenters. The number of rotatable bonds is 31. The number of carbonyl (C=O) groups is 9. The summed E-state index contributed by atoms with van der Waals surface area (Å²) in [6.45, 7) is -8.68. The van der Waals surface area contributed by atoms with Crippen molar-refractivity contribution in [3.63, 3.8) is 0 Å². The van der Waals surface area contributed by atoms with Crippen LogP contribution in [-0.2, 0) is 14.4 Å². The van der Waals surface area contributed by atoms with Gasteiger partial charge in [0.15, 0.2) is 17.3 Å². The molecule has 2 aliphatic heterocycles. The second-order valence-corrected chi connectivity index (χ2v) is 30.5. The summed E-state index contributed by atoms with van der Waals surface area (Å²) >= 11 is 15.4. The van der Waals surface area contributed by atoms with E-state index in [0.717, 1.165) is 40.7 Å². The number of hydrogen-bond acceptors (Lipinski definition) is 26. The monoisotopic (exact) mass is 2340 g/mol. The molecule has 0 saturated heterocycles. The van der Waals surface area contributed by atoms with Crippen LogP contribution in [-0.4, -0.2) is 292 Å². The number of benzene rings is 3. The van der Waals surface area contributed by atoms with E-state index in [2.05, 4.69) is 16.2 Å². The number of hydrazine groups is 2. The van der Waals surface area contributed by atoms with Gasteiger partial charge in [-0.05, 0) is 203 Å². The number of likely N-dealkylation sites (N-methyl/N-ethyl adjacent to an activating group) is 3. The molecule has 4 bridgehead atoms. The molecule has 33 nitrogen and oxygen atoms in total. The number of anilines is 3. The number of fused-ring (bicyclic) bond motifs is 4. The van der Waals surface area contributed by atoms with E-state index < -0.39 is 192 Å². The zero-order valence-corrected chi connectivity index (χ0v) is 68.1. The van der Waals surface area contributed by atoms with Crippen molar-refractivity contribution in [3.8, 4) is 0 Å². The molecular weight excluding hydrogens is 2280 g/mol. The fourth-order valence-corrected chi connectivity index (χ4v) is 24.0. The first kappa shape index (κ1) is 83.8. The maximum atomic E-state index is 15.6. The summed E-state index contributed by atoms with van der Waals surface area (Å²) in [5.41, 5.74) is -2.08. The standard InChI is InChI=1S/C52H60I9N9O24/c1-65(48(90)41(83)20(80)14-74)38-32(56)23(42(84)62-10-19(79)13-73)29(53)24(33(38)57)43(85)68(6-4-63-69-44(86)25-30(54)26(45(69)87)35(59)39(34(25)58)66(2)49(91)51(93,21(81)15-75)8-17(77)11-71)7-5-64-70-46(88)27-31(55)28(47(70)89)37(61)40(36(27)60)67(3)50(92)52(94,22(82)16-76)9-18(78)12-72/h17-22,41,63-64,71-83,93-94H,4-16H2,1-3H3,(H,62,84). The predicted molar refractivity (Wildman–Crippen MR) is 403 cm³/mol. The third-order valence-corrected chi connectivity index (χ3v) is 24.3. The predicted octanol–water partition coefficient (Wildman–Crippen LogP) is -3.49. The van der Waals surface area contributed by atoms with E-state index >= 15 is 4.79 Å².